The quantitative estimate of drug-likeness (QED) is 0.399. The second-order valence-corrected chi connectivity index (χ2v) is 9.02. The third kappa shape index (κ3) is 5.01. The number of nitrogen functional groups attached to an aromatic ring is 1. The van der Waals surface area contributed by atoms with Crippen LogP contribution in [0.25, 0.3) is 0 Å². The molecule has 2 amide bonds. The number of aliphatic hydroxyl groups excluding tert-OH is 2. The van der Waals surface area contributed by atoms with E-state index in [2.05, 4.69) is 15.7 Å². The zero-order valence-corrected chi connectivity index (χ0v) is 19.0. The van der Waals surface area contributed by atoms with E-state index < -0.39 is 30.1 Å². The molecule has 1 fully saturated rings. The van der Waals surface area contributed by atoms with Crippen molar-refractivity contribution in [3.05, 3.63) is 53.2 Å². The summed E-state index contributed by atoms with van der Waals surface area (Å²) in [6.45, 7) is 2.95. The molecular formula is C22H28N6O4S. The molecule has 11 heteroatoms. The van der Waals surface area contributed by atoms with Gasteiger partial charge in [-0.25, -0.2) is 10.4 Å². The molecule has 1 saturated heterocycles. The summed E-state index contributed by atoms with van der Waals surface area (Å²) in [5.74, 6) is -1.51. The van der Waals surface area contributed by atoms with Gasteiger partial charge in [0.2, 0.25) is 0 Å². The van der Waals surface area contributed by atoms with Crippen LogP contribution in [0.1, 0.15) is 43.1 Å². The van der Waals surface area contributed by atoms with E-state index in [1.54, 1.807) is 12.3 Å². The number of nitrogens with one attached hydrogen (secondary N) is 2. The zero-order valence-electron chi connectivity index (χ0n) is 18.2. The molecule has 2 aliphatic rings. The van der Waals surface area contributed by atoms with Crippen LogP contribution in [0, 0.1) is 0 Å². The van der Waals surface area contributed by atoms with E-state index in [4.69, 9.17) is 5.73 Å². The van der Waals surface area contributed by atoms with Crippen molar-refractivity contribution in [3.8, 4) is 0 Å². The maximum absolute atomic E-state index is 12.9. The number of likely N-dealkylation sites (tertiary alicyclic amines) is 1. The van der Waals surface area contributed by atoms with Crippen molar-refractivity contribution in [2.24, 2.45) is 0 Å². The first kappa shape index (κ1) is 23.2. The van der Waals surface area contributed by atoms with Crippen molar-refractivity contribution in [1.29, 1.82) is 0 Å². The molecule has 2 aliphatic heterocycles. The minimum Gasteiger partial charge on any atom is -0.380 e. The van der Waals surface area contributed by atoms with Crippen LogP contribution in [0.3, 0.4) is 0 Å². The molecule has 1 aromatic heterocycles. The molecule has 4 rings (SSSR count). The molecule has 0 saturated carbocycles. The molecular weight excluding hydrogens is 444 g/mol. The molecule has 10 nitrogen and oxygen atoms in total. The molecule has 176 valence electrons. The number of aromatic nitrogens is 1. The number of hydrogen-bond donors (Lipinski definition) is 5. The molecule has 1 aromatic carbocycles. The monoisotopic (exact) mass is 472 g/mol. The minimum absolute atomic E-state index is 0.326. The first-order valence-electron chi connectivity index (χ1n) is 10.8. The number of carbonyl (C=O) groups excluding carboxylic acids is 2. The summed E-state index contributed by atoms with van der Waals surface area (Å²) >= 11 is 1.28. The van der Waals surface area contributed by atoms with Gasteiger partial charge < -0.3 is 26.2 Å². The Morgan fingerprint density at radius 3 is 2.67 bits per heavy atom. The van der Waals surface area contributed by atoms with Gasteiger partial charge in [-0.1, -0.05) is 18.2 Å². The number of rotatable bonds is 7. The molecule has 3 heterocycles. The smallest absolute Gasteiger partial charge is 0.255 e. The van der Waals surface area contributed by atoms with Gasteiger partial charge in [-0.15, -0.1) is 11.3 Å². The lowest BCUT2D eigenvalue weighted by Crippen LogP contribution is -2.51. The van der Waals surface area contributed by atoms with Crippen molar-refractivity contribution in [3.63, 3.8) is 0 Å². The SMILES string of the molecule is C[C@@H](NC(=O)[C@H](O)[C@@H](O)C(=O)N1CCC[C@@H]1c1csc(N)n1)c1ccc(N2C=CCN2)cc1. The van der Waals surface area contributed by atoms with Gasteiger partial charge in [-0.2, -0.15) is 0 Å². The molecule has 33 heavy (non-hydrogen) atoms. The lowest BCUT2D eigenvalue weighted by molar-refractivity contribution is -0.154. The number of aliphatic hydroxyl groups is 2. The van der Waals surface area contributed by atoms with Gasteiger partial charge in [0, 0.05) is 24.7 Å². The average Bonchev–Trinajstić information content (AvgIpc) is 3.59. The lowest BCUT2D eigenvalue weighted by atomic mass is 10.1. The van der Waals surface area contributed by atoms with Gasteiger partial charge >= 0.3 is 0 Å². The first-order valence-corrected chi connectivity index (χ1v) is 11.7. The highest BCUT2D eigenvalue weighted by atomic mass is 32.1. The highest BCUT2D eigenvalue weighted by Crippen LogP contribution is 2.33. The van der Waals surface area contributed by atoms with Gasteiger partial charge in [0.25, 0.3) is 11.8 Å². The summed E-state index contributed by atoms with van der Waals surface area (Å²) in [6.07, 6.45) is 1.59. The molecule has 0 spiro atoms. The molecule has 0 unspecified atom stereocenters. The van der Waals surface area contributed by atoms with E-state index >= 15 is 0 Å². The van der Waals surface area contributed by atoms with Crippen LogP contribution in [0.5, 0.6) is 0 Å². The Morgan fingerprint density at radius 1 is 1.27 bits per heavy atom. The van der Waals surface area contributed by atoms with E-state index in [1.165, 1.54) is 16.2 Å². The van der Waals surface area contributed by atoms with Gasteiger partial charge in [0.15, 0.2) is 17.3 Å². The number of hydrogen-bond acceptors (Lipinski definition) is 9. The summed E-state index contributed by atoms with van der Waals surface area (Å²) in [5, 5.41) is 27.6. The van der Waals surface area contributed by atoms with Crippen LogP contribution in [-0.4, -0.2) is 57.2 Å². The van der Waals surface area contributed by atoms with Crippen molar-refractivity contribution in [2.75, 3.05) is 23.8 Å². The van der Waals surface area contributed by atoms with Crippen LogP contribution >= 0.6 is 11.3 Å². The van der Waals surface area contributed by atoms with Gasteiger partial charge in [0.05, 0.1) is 23.5 Å². The summed E-state index contributed by atoms with van der Waals surface area (Å²) < 4.78 is 0. The third-order valence-electron chi connectivity index (χ3n) is 5.90. The molecule has 0 aliphatic carbocycles. The number of thiazole rings is 1. The van der Waals surface area contributed by atoms with Crippen molar-refractivity contribution >= 4 is 34.0 Å². The number of nitrogens with zero attached hydrogens (tertiary/aromatic N) is 3. The van der Waals surface area contributed by atoms with E-state index in [-0.39, 0.29) is 6.04 Å². The van der Waals surface area contributed by atoms with Crippen LogP contribution in [-0.2, 0) is 9.59 Å². The fourth-order valence-electron chi connectivity index (χ4n) is 4.08. The minimum atomic E-state index is -1.89. The number of anilines is 2. The number of carbonyl (C=O) groups is 2. The van der Waals surface area contributed by atoms with Crippen molar-refractivity contribution in [1.82, 2.24) is 20.6 Å². The molecule has 4 atom stereocenters. The maximum Gasteiger partial charge on any atom is 0.255 e. The van der Waals surface area contributed by atoms with Gasteiger partial charge in [-0.3, -0.25) is 14.6 Å². The summed E-state index contributed by atoms with van der Waals surface area (Å²) in [4.78, 5) is 31.1. The summed E-state index contributed by atoms with van der Waals surface area (Å²) in [5.41, 5.74) is 11.3. The molecule has 0 radical (unpaired) electrons. The molecule has 0 bridgehead atoms. The predicted octanol–water partition coefficient (Wildman–Crippen LogP) is 0.826. The number of amides is 2. The van der Waals surface area contributed by atoms with Crippen LogP contribution in [0.2, 0.25) is 0 Å². The highest BCUT2D eigenvalue weighted by molar-refractivity contribution is 7.13. The Balaban J connectivity index is 1.35. The first-order chi connectivity index (χ1) is 15.8. The fraction of sp³-hybridized carbons (Fsp3) is 0.409. The highest BCUT2D eigenvalue weighted by Gasteiger charge is 2.39. The van der Waals surface area contributed by atoms with E-state index in [0.29, 0.717) is 23.8 Å². The summed E-state index contributed by atoms with van der Waals surface area (Å²) in [6, 6.07) is 6.81. The van der Waals surface area contributed by atoms with Gasteiger partial charge in [0.1, 0.15) is 0 Å². The Bertz CT molecular complexity index is 1030. The Hall–Kier alpha value is -2.99. The van der Waals surface area contributed by atoms with E-state index in [9.17, 15) is 19.8 Å². The zero-order chi connectivity index (χ0) is 23.5. The predicted molar refractivity (Wildman–Crippen MR) is 125 cm³/mol. The number of hydrazine groups is 1. The van der Waals surface area contributed by atoms with Gasteiger partial charge in [-0.05, 0) is 37.5 Å². The van der Waals surface area contributed by atoms with Crippen LogP contribution in [0.15, 0.2) is 41.9 Å². The van der Waals surface area contributed by atoms with Crippen LogP contribution < -0.4 is 21.5 Å². The number of nitrogens with two attached hydrogens (primary N) is 1. The lowest BCUT2D eigenvalue weighted by Gasteiger charge is -2.28. The van der Waals surface area contributed by atoms with Crippen molar-refractivity contribution < 1.29 is 19.8 Å². The summed E-state index contributed by atoms with van der Waals surface area (Å²) in [7, 11) is 0. The fourth-order valence-corrected chi connectivity index (χ4v) is 4.69. The Kier molecular flexibility index (Phi) is 6.94. The average molecular weight is 473 g/mol. The second-order valence-electron chi connectivity index (χ2n) is 8.13. The standard InChI is InChI=1S/C22H28N6O4S/c1-13(14-5-7-15(8-6-14)28-11-3-9-24-28)25-20(31)18(29)19(30)21(32)27-10-2-4-17(27)16-12-33-22(23)26-16/h3,5-8,11-13,17-19,24,29-30H,2,4,9-10H2,1H3,(H2,23,26)(H,25,31)/t13-,17-,18-,19-/m1/s1. The third-order valence-corrected chi connectivity index (χ3v) is 6.59. The molecule has 2 aromatic rings. The normalized spacial score (nSPS) is 20.6. The van der Waals surface area contributed by atoms with E-state index in [1.807, 2.05) is 41.6 Å². The topological polar surface area (TPSA) is 144 Å². The van der Waals surface area contributed by atoms with E-state index in [0.717, 1.165) is 24.2 Å². The van der Waals surface area contributed by atoms with Crippen molar-refractivity contribution in [2.45, 2.75) is 44.1 Å². The number of benzene rings is 1. The maximum atomic E-state index is 12.9. The largest absolute Gasteiger partial charge is 0.380 e. The van der Waals surface area contributed by atoms with Crippen LogP contribution in [0.4, 0.5) is 10.8 Å². The second kappa shape index (κ2) is 9.87. The molecule has 6 N–H and O–H groups in total. The Labute approximate surface area is 195 Å². The Morgan fingerprint density at radius 2 is 2.03 bits per heavy atom.